The highest BCUT2D eigenvalue weighted by molar-refractivity contribution is 6.30. The van der Waals surface area contributed by atoms with Gasteiger partial charge in [-0.1, -0.05) is 35.7 Å². The molecule has 5 rings (SSSR count). The lowest BCUT2D eigenvalue weighted by Gasteiger charge is -2.24. The molecule has 3 heterocycles. The van der Waals surface area contributed by atoms with E-state index in [2.05, 4.69) is 27.2 Å². The van der Waals surface area contributed by atoms with Gasteiger partial charge in [0.15, 0.2) is 5.69 Å². The Morgan fingerprint density at radius 1 is 1.12 bits per heavy atom. The lowest BCUT2D eigenvalue weighted by Crippen LogP contribution is -2.46. The molecule has 1 aliphatic rings. The Bertz CT molecular complexity index is 1740. The molecule has 1 saturated heterocycles. The van der Waals surface area contributed by atoms with Crippen LogP contribution in [0.5, 0.6) is 0 Å². The van der Waals surface area contributed by atoms with Gasteiger partial charge in [-0.05, 0) is 55.2 Å². The molecule has 3 amide bonds. The molecule has 1 atom stereocenters. The van der Waals surface area contributed by atoms with Crippen LogP contribution in [0.4, 0.5) is 10.2 Å². The summed E-state index contributed by atoms with van der Waals surface area (Å²) >= 11 is 5.82. The lowest BCUT2D eigenvalue weighted by atomic mass is 10.1. The number of anilines is 1. The summed E-state index contributed by atoms with van der Waals surface area (Å²) in [6.45, 7) is 0.102. The van der Waals surface area contributed by atoms with Crippen LogP contribution in [0.3, 0.4) is 0 Å². The van der Waals surface area contributed by atoms with Crippen LogP contribution in [0.1, 0.15) is 40.2 Å². The number of nitrogens with zero attached hydrogens (tertiary/aromatic N) is 4. The number of nitrogens with one attached hydrogen (secondary N) is 1. The van der Waals surface area contributed by atoms with Gasteiger partial charge in [0.1, 0.15) is 29.9 Å². The smallest absolute Gasteiger partial charge is 0.269 e. The number of hydrogen-bond donors (Lipinski definition) is 3. The van der Waals surface area contributed by atoms with Crippen molar-refractivity contribution in [3.63, 3.8) is 0 Å². The number of benzene rings is 2. The minimum Gasteiger partial charge on any atom is -0.384 e. The van der Waals surface area contributed by atoms with Crippen LogP contribution in [-0.2, 0) is 22.7 Å². The molecule has 2 aromatic carbocycles. The Kier molecular flexibility index (Phi) is 7.85. The molecule has 0 aliphatic carbocycles. The number of rotatable bonds is 6. The summed E-state index contributed by atoms with van der Waals surface area (Å²) in [5.74, 6) is 4.16. The quantitative estimate of drug-likeness (QED) is 0.302. The first-order chi connectivity index (χ1) is 19.7. The largest absolute Gasteiger partial charge is 0.384 e. The van der Waals surface area contributed by atoms with E-state index in [0.29, 0.717) is 47.4 Å². The van der Waals surface area contributed by atoms with Gasteiger partial charge < -0.3 is 21.7 Å². The molecule has 1 fully saturated rings. The van der Waals surface area contributed by atoms with E-state index in [1.807, 2.05) is 0 Å². The van der Waals surface area contributed by atoms with Gasteiger partial charge in [-0.25, -0.2) is 9.37 Å². The summed E-state index contributed by atoms with van der Waals surface area (Å²) < 4.78 is 15.6. The predicted molar refractivity (Wildman–Crippen MR) is 151 cm³/mol. The number of halogens is 2. The summed E-state index contributed by atoms with van der Waals surface area (Å²) in [6, 6.07) is 14.1. The van der Waals surface area contributed by atoms with Crippen LogP contribution in [0, 0.1) is 17.7 Å². The van der Waals surface area contributed by atoms with Crippen molar-refractivity contribution < 1.29 is 18.8 Å². The Balaban J connectivity index is 1.33. The van der Waals surface area contributed by atoms with E-state index >= 15 is 0 Å². The average molecular weight is 574 g/mol. The first-order valence-electron chi connectivity index (χ1n) is 12.8. The highest BCUT2D eigenvalue weighted by Gasteiger charge is 2.34. The van der Waals surface area contributed by atoms with Crippen molar-refractivity contribution >= 4 is 46.0 Å². The van der Waals surface area contributed by atoms with E-state index in [-0.39, 0.29) is 35.3 Å². The monoisotopic (exact) mass is 573 g/mol. The second kappa shape index (κ2) is 11.7. The molecule has 0 unspecified atom stereocenters. The summed E-state index contributed by atoms with van der Waals surface area (Å²) in [4.78, 5) is 44.1. The molecule has 10 nitrogen and oxygen atoms in total. The molecule has 0 radical (unpaired) electrons. The number of nitrogen functional groups attached to an aromatic ring is 1. The molecular weight excluding hydrogens is 549 g/mol. The summed E-state index contributed by atoms with van der Waals surface area (Å²) in [6.07, 6.45) is 1.09. The van der Waals surface area contributed by atoms with Gasteiger partial charge in [0.2, 0.25) is 11.8 Å². The van der Waals surface area contributed by atoms with Crippen LogP contribution >= 0.6 is 11.6 Å². The molecular formula is C29H25ClFN7O3. The highest BCUT2D eigenvalue weighted by Crippen LogP contribution is 2.23. The normalized spacial score (nSPS) is 14.5. The summed E-state index contributed by atoms with van der Waals surface area (Å²) in [5, 5.41) is 7.41. The first-order valence-corrected chi connectivity index (χ1v) is 13.1. The number of hydrogen-bond acceptors (Lipinski definition) is 6. The van der Waals surface area contributed by atoms with Gasteiger partial charge in [-0.3, -0.25) is 19.1 Å². The minimum atomic E-state index is -0.754. The summed E-state index contributed by atoms with van der Waals surface area (Å²) in [5.41, 5.74) is 13.1. The van der Waals surface area contributed by atoms with Gasteiger partial charge in [0.05, 0.1) is 10.5 Å². The first kappa shape index (κ1) is 27.6. The maximum Gasteiger partial charge on any atom is 0.269 e. The zero-order chi connectivity index (χ0) is 29.1. The number of fused-ring (bicyclic) bond motifs is 1. The van der Waals surface area contributed by atoms with E-state index < -0.39 is 23.7 Å². The van der Waals surface area contributed by atoms with Gasteiger partial charge >= 0.3 is 0 Å². The second-order valence-electron chi connectivity index (χ2n) is 9.48. The predicted octanol–water partition coefficient (Wildman–Crippen LogP) is 2.61. The molecule has 0 bridgehead atoms. The van der Waals surface area contributed by atoms with E-state index in [1.165, 1.54) is 21.7 Å². The van der Waals surface area contributed by atoms with Crippen molar-refractivity contribution in [1.29, 1.82) is 0 Å². The number of pyridine rings is 1. The molecule has 0 spiro atoms. The fourth-order valence-corrected chi connectivity index (χ4v) is 4.95. The fourth-order valence-electron chi connectivity index (χ4n) is 4.76. The molecule has 2 aromatic heterocycles. The fraction of sp³-hybridized carbons (Fsp3) is 0.207. The maximum absolute atomic E-state index is 14.2. The van der Waals surface area contributed by atoms with Crippen molar-refractivity contribution in [1.82, 2.24) is 25.0 Å². The molecule has 41 heavy (non-hydrogen) atoms. The van der Waals surface area contributed by atoms with Crippen molar-refractivity contribution in [2.24, 2.45) is 5.73 Å². The Hall–Kier alpha value is -4.95. The number of carbonyl (C=O) groups excluding carboxylic acids is 3. The Morgan fingerprint density at radius 3 is 2.71 bits per heavy atom. The number of nitrogens with two attached hydrogens (primary N) is 2. The SMILES string of the molecule is NC(=O)c1nn(CC(=O)N2CCC[C@H]2C(=O)NCc2cccc(Cl)c2F)c2ccc(C#Cc3cccc(N)n3)cc12. The number of likely N-dealkylation sites (tertiary alicyclic amines) is 1. The van der Waals surface area contributed by atoms with E-state index in [1.54, 1.807) is 42.5 Å². The van der Waals surface area contributed by atoms with Crippen LogP contribution < -0.4 is 16.8 Å². The second-order valence-corrected chi connectivity index (χ2v) is 9.88. The third-order valence-corrected chi connectivity index (χ3v) is 7.03. The standard InChI is InChI=1S/C29H25ClFN7O3/c30-21-6-1-4-18(26(21)31)15-34-29(41)23-7-3-13-37(23)25(39)16-38-22-12-10-17(14-20(22)27(36-38)28(33)40)9-11-19-5-2-8-24(32)35-19/h1-2,4-6,8,10,12,14,23H,3,7,13,15-16H2,(H2,32,35)(H2,33,40)(H,34,41)/t23-/m0/s1. The molecule has 0 saturated carbocycles. The lowest BCUT2D eigenvalue weighted by molar-refractivity contribution is -0.139. The number of aromatic nitrogens is 3. The van der Waals surface area contributed by atoms with Gasteiger partial charge in [0.25, 0.3) is 5.91 Å². The third-order valence-electron chi connectivity index (χ3n) is 6.73. The molecule has 208 valence electrons. The molecule has 5 N–H and O–H groups in total. The van der Waals surface area contributed by atoms with Crippen molar-refractivity contribution in [3.8, 4) is 11.8 Å². The topological polar surface area (TPSA) is 149 Å². The number of amides is 3. The average Bonchev–Trinajstić information content (AvgIpc) is 3.58. The van der Waals surface area contributed by atoms with E-state index in [9.17, 15) is 18.8 Å². The highest BCUT2D eigenvalue weighted by atomic mass is 35.5. The van der Waals surface area contributed by atoms with Crippen molar-refractivity contribution in [2.75, 3.05) is 12.3 Å². The number of carbonyl (C=O) groups is 3. The molecule has 1 aliphatic heterocycles. The van der Waals surface area contributed by atoms with Crippen LogP contribution in [0.15, 0.2) is 54.6 Å². The van der Waals surface area contributed by atoms with E-state index in [4.69, 9.17) is 23.1 Å². The van der Waals surface area contributed by atoms with Crippen LogP contribution in [0.25, 0.3) is 10.9 Å². The molecule has 12 heteroatoms. The van der Waals surface area contributed by atoms with Crippen LogP contribution in [0.2, 0.25) is 5.02 Å². The zero-order valence-electron chi connectivity index (χ0n) is 21.7. The van der Waals surface area contributed by atoms with Gasteiger partial charge in [0, 0.05) is 29.6 Å². The van der Waals surface area contributed by atoms with Crippen LogP contribution in [-0.4, -0.2) is 50.0 Å². The van der Waals surface area contributed by atoms with E-state index in [0.717, 1.165) is 0 Å². The maximum atomic E-state index is 14.2. The Morgan fingerprint density at radius 2 is 1.93 bits per heavy atom. The Labute approximate surface area is 239 Å². The van der Waals surface area contributed by atoms with Crippen molar-refractivity contribution in [2.45, 2.75) is 32.0 Å². The zero-order valence-corrected chi connectivity index (χ0v) is 22.5. The third kappa shape index (κ3) is 5.97. The minimum absolute atomic E-state index is 0.00204. The molecule has 4 aromatic rings. The van der Waals surface area contributed by atoms with Gasteiger partial charge in [-0.2, -0.15) is 5.10 Å². The van der Waals surface area contributed by atoms with Gasteiger partial charge in [-0.15, -0.1) is 0 Å². The van der Waals surface area contributed by atoms with Crippen molar-refractivity contribution in [3.05, 3.63) is 88.0 Å². The number of primary amides is 1. The summed E-state index contributed by atoms with van der Waals surface area (Å²) in [7, 11) is 0.